The van der Waals surface area contributed by atoms with Gasteiger partial charge in [-0.1, -0.05) is 0 Å². The van der Waals surface area contributed by atoms with Crippen LogP contribution in [0.2, 0.25) is 0 Å². The van der Waals surface area contributed by atoms with Gasteiger partial charge in [0.05, 0.1) is 12.7 Å². The van der Waals surface area contributed by atoms with Crippen molar-refractivity contribution < 1.29 is 23.0 Å². The van der Waals surface area contributed by atoms with Crippen LogP contribution in [0.3, 0.4) is 0 Å². The van der Waals surface area contributed by atoms with Crippen molar-refractivity contribution in [3.8, 4) is 0 Å². The van der Waals surface area contributed by atoms with Crippen LogP contribution in [0.25, 0.3) is 0 Å². The van der Waals surface area contributed by atoms with Crippen molar-refractivity contribution in [1.29, 1.82) is 0 Å². The minimum absolute atomic E-state index is 0.0600. The molecule has 0 spiro atoms. The molecule has 0 aromatic rings. The van der Waals surface area contributed by atoms with Crippen LogP contribution in [0.15, 0.2) is 0 Å². The Morgan fingerprint density at radius 3 is 2.88 bits per heavy atom. The number of carbonyl (C=O) groups excluding carboxylic acids is 1. The highest BCUT2D eigenvalue weighted by Gasteiger charge is 2.16. The van der Waals surface area contributed by atoms with E-state index in [1.165, 1.54) is 0 Å². The van der Waals surface area contributed by atoms with Crippen LogP contribution >= 0.6 is 0 Å². The third-order valence-electron chi connectivity index (χ3n) is 2.54. The molecule has 1 heterocycles. The smallest absolute Gasteiger partial charge is 0.261 e. The van der Waals surface area contributed by atoms with E-state index in [0.717, 1.165) is 25.9 Å². The third-order valence-corrected chi connectivity index (χ3v) is 2.54. The predicted molar refractivity (Wildman–Crippen MR) is 54.7 cm³/mol. The van der Waals surface area contributed by atoms with Gasteiger partial charge in [-0.05, 0) is 19.3 Å². The molecule has 0 N–H and O–H groups in total. The standard InChI is InChI=1S/C11H18F2O3/c12-11(13)8-15-7-5-9(14)3-4-10-2-1-6-16-10/h10-11H,1-8H2. The average molecular weight is 236 g/mol. The highest BCUT2D eigenvalue weighted by Crippen LogP contribution is 2.17. The highest BCUT2D eigenvalue weighted by molar-refractivity contribution is 5.78. The summed E-state index contributed by atoms with van der Waals surface area (Å²) < 4.78 is 33.4. The molecule has 1 rings (SSSR count). The van der Waals surface area contributed by atoms with Gasteiger partial charge in [0.1, 0.15) is 12.4 Å². The van der Waals surface area contributed by atoms with Gasteiger partial charge in [0, 0.05) is 19.4 Å². The van der Waals surface area contributed by atoms with E-state index in [-0.39, 0.29) is 24.9 Å². The molecule has 0 bridgehead atoms. The number of carbonyl (C=O) groups is 1. The molecule has 0 aromatic heterocycles. The number of hydrogen-bond donors (Lipinski definition) is 0. The zero-order chi connectivity index (χ0) is 11.8. The maximum atomic E-state index is 11.7. The molecule has 1 aliphatic rings. The normalized spacial score (nSPS) is 20.6. The first-order valence-corrected chi connectivity index (χ1v) is 5.67. The lowest BCUT2D eigenvalue weighted by atomic mass is 10.1. The van der Waals surface area contributed by atoms with Gasteiger partial charge in [-0.25, -0.2) is 8.78 Å². The summed E-state index contributed by atoms with van der Waals surface area (Å²) in [5.41, 5.74) is 0. The molecule has 0 radical (unpaired) electrons. The summed E-state index contributed by atoms with van der Waals surface area (Å²) in [5.74, 6) is 0.0600. The van der Waals surface area contributed by atoms with Gasteiger partial charge < -0.3 is 9.47 Å². The minimum atomic E-state index is -2.46. The van der Waals surface area contributed by atoms with Crippen molar-refractivity contribution in [3.63, 3.8) is 0 Å². The minimum Gasteiger partial charge on any atom is -0.378 e. The Kier molecular flexibility index (Phi) is 6.49. The lowest BCUT2D eigenvalue weighted by molar-refractivity contribution is -0.121. The third kappa shape index (κ3) is 6.12. The van der Waals surface area contributed by atoms with Gasteiger partial charge in [-0.2, -0.15) is 0 Å². The molecule has 0 amide bonds. The Hall–Kier alpha value is -0.550. The fraction of sp³-hybridized carbons (Fsp3) is 0.909. The first-order chi connectivity index (χ1) is 7.68. The second kappa shape index (κ2) is 7.68. The second-order valence-corrected chi connectivity index (χ2v) is 3.93. The van der Waals surface area contributed by atoms with Crippen molar-refractivity contribution in [3.05, 3.63) is 0 Å². The van der Waals surface area contributed by atoms with E-state index in [0.29, 0.717) is 6.42 Å². The summed E-state index contributed by atoms with van der Waals surface area (Å²) in [7, 11) is 0. The van der Waals surface area contributed by atoms with Crippen LogP contribution in [-0.4, -0.2) is 38.1 Å². The van der Waals surface area contributed by atoms with Gasteiger partial charge in [-0.15, -0.1) is 0 Å². The molecule has 0 aromatic carbocycles. The van der Waals surface area contributed by atoms with Crippen molar-refractivity contribution >= 4 is 5.78 Å². The van der Waals surface area contributed by atoms with Crippen LogP contribution in [-0.2, 0) is 14.3 Å². The fourth-order valence-electron chi connectivity index (χ4n) is 1.68. The topological polar surface area (TPSA) is 35.5 Å². The number of ketones is 1. The van der Waals surface area contributed by atoms with E-state index in [1.807, 2.05) is 0 Å². The summed E-state index contributed by atoms with van der Waals surface area (Å²) in [5, 5.41) is 0. The fourth-order valence-corrected chi connectivity index (χ4v) is 1.68. The maximum absolute atomic E-state index is 11.7. The molecule has 1 unspecified atom stereocenters. The zero-order valence-electron chi connectivity index (χ0n) is 9.29. The number of halogens is 2. The van der Waals surface area contributed by atoms with E-state index in [1.54, 1.807) is 0 Å². The molecule has 5 heteroatoms. The average Bonchev–Trinajstić information content (AvgIpc) is 2.74. The van der Waals surface area contributed by atoms with Crippen LogP contribution in [0.4, 0.5) is 8.78 Å². The Labute approximate surface area is 94.1 Å². The molecule has 94 valence electrons. The molecule has 1 saturated heterocycles. The molecule has 0 saturated carbocycles. The van der Waals surface area contributed by atoms with Crippen molar-refractivity contribution in [1.82, 2.24) is 0 Å². The van der Waals surface area contributed by atoms with Crippen molar-refractivity contribution in [2.24, 2.45) is 0 Å². The number of ether oxygens (including phenoxy) is 2. The summed E-state index contributed by atoms with van der Waals surface area (Å²) in [6, 6.07) is 0. The van der Waals surface area contributed by atoms with Crippen LogP contribution < -0.4 is 0 Å². The second-order valence-electron chi connectivity index (χ2n) is 3.93. The maximum Gasteiger partial charge on any atom is 0.261 e. The van der Waals surface area contributed by atoms with E-state index in [2.05, 4.69) is 4.74 Å². The van der Waals surface area contributed by atoms with E-state index >= 15 is 0 Å². The van der Waals surface area contributed by atoms with Gasteiger partial charge >= 0.3 is 0 Å². The lowest BCUT2D eigenvalue weighted by Gasteiger charge is -2.08. The highest BCUT2D eigenvalue weighted by atomic mass is 19.3. The van der Waals surface area contributed by atoms with E-state index in [4.69, 9.17) is 4.74 Å². The lowest BCUT2D eigenvalue weighted by Crippen LogP contribution is -2.12. The van der Waals surface area contributed by atoms with Gasteiger partial charge in [-0.3, -0.25) is 4.79 Å². The summed E-state index contributed by atoms with van der Waals surface area (Å²) in [6.07, 6.45) is 1.27. The largest absolute Gasteiger partial charge is 0.378 e. The SMILES string of the molecule is O=C(CCOCC(F)F)CCC1CCCO1. The molecule has 3 nitrogen and oxygen atoms in total. The number of rotatable bonds is 8. The summed E-state index contributed by atoms with van der Waals surface area (Å²) in [4.78, 5) is 11.3. The molecule has 1 fully saturated rings. The molecule has 1 atom stereocenters. The Morgan fingerprint density at radius 2 is 2.25 bits per heavy atom. The monoisotopic (exact) mass is 236 g/mol. The van der Waals surface area contributed by atoms with E-state index in [9.17, 15) is 13.6 Å². The number of alkyl halides is 2. The molecule has 1 aliphatic heterocycles. The number of hydrogen-bond acceptors (Lipinski definition) is 3. The Balaban J connectivity index is 1.94. The molecule has 16 heavy (non-hydrogen) atoms. The van der Waals surface area contributed by atoms with Crippen molar-refractivity contribution in [2.45, 2.75) is 44.6 Å². The first-order valence-electron chi connectivity index (χ1n) is 5.67. The van der Waals surface area contributed by atoms with Gasteiger partial charge in [0.15, 0.2) is 0 Å². The number of Topliss-reactive ketones (excluding diaryl/α,β-unsaturated/α-hetero) is 1. The summed E-state index contributed by atoms with van der Waals surface area (Å²) >= 11 is 0. The van der Waals surface area contributed by atoms with Crippen LogP contribution in [0, 0.1) is 0 Å². The molecular weight excluding hydrogens is 218 g/mol. The molecule has 0 aliphatic carbocycles. The zero-order valence-corrected chi connectivity index (χ0v) is 9.29. The Bertz CT molecular complexity index is 203. The quantitative estimate of drug-likeness (QED) is 0.606. The molecular formula is C11H18F2O3. The van der Waals surface area contributed by atoms with Crippen LogP contribution in [0.1, 0.15) is 32.1 Å². The van der Waals surface area contributed by atoms with Crippen molar-refractivity contribution in [2.75, 3.05) is 19.8 Å². The van der Waals surface area contributed by atoms with Crippen LogP contribution in [0.5, 0.6) is 0 Å². The first kappa shape index (κ1) is 13.5. The Morgan fingerprint density at radius 1 is 1.44 bits per heavy atom. The van der Waals surface area contributed by atoms with Gasteiger partial charge in [0.25, 0.3) is 6.43 Å². The summed E-state index contributed by atoms with van der Waals surface area (Å²) in [6.45, 7) is 0.296. The van der Waals surface area contributed by atoms with Gasteiger partial charge in [0.2, 0.25) is 0 Å². The van der Waals surface area contributed by atoms with E-state index < -0.39 is 13.0 Å². The predicted octanol–water partition coefficient (Wildman–Crippen LogP) is 2.19.